The third-order valence-corrected chi connectivity index (χ3v) is 4.77. The second-order valence-corrected chi connectivity index (χ2v) is 6.63. The maximum absolute atomic E-state index is 12.1. The number of rotatable bonds is 7. The molecule has 0 aliphatic heterocycles. The fraction of sp³-hybridized carbons (Fsp3) is 0.200. The topological polar surface area (TPSA) is 72.5 Å². The molecule has 27 heavy (non-hydrogen) atoms. The first-order chi connectivity index (χ1) is 13.2. The second-order valence-electron chi connectivity index (χ2n) is 5.74. The Morgan fingerprint density at radius 3 is 2.70 bits per heavy atom. The highest BCUT2D eigenvalue weighted by Gasteiger charge is 2.07. The van der Waals surface area contributed by atoms with E-state index in [9.17, 15) is 4.79 Å². The predicted molar refractivity (Wildman–Crippen MR) is 108 cm³/mol. The molecule has 0 saturated heterocycles. The Morgan fingerprint density at radius 2 is 1.96 bits per heavy atom. The number of nitrogens with one attached hydrogen (secondary N) is 2. The standard InChI is InChI=1S/C20H21N3O3S/c1-25-17-7-6-14(12-18(17)26-2)8-9-22-20(24)23-16-5-3-4-15(13-16)19-21-10-11-27-19/h3-7,10-13H,8-9H2,1-2H3,(H2,22,23,24). The van der Waals surface area contributed by atoms with E-state index in [1.54, 1.807) is 31.8 Å². The molecule has 0 radical (unpaired) electrons. The molecule has 1 aromatic heterocycles. The van der Waals surface area contributed by atoms with Gasteiger partial charge in [-0.3, -0.25) is 0 Å². The summed E-state index contributed by atoms with van der Waals surface area (Å²) < 4.78 is 10.5. The van der Waals surface area contributed by atoms with Crippen molar-refractivity contribution in [3.8, 4) is 22.1 Å². The van der Waals surface area contributed by atoms with Crippen LogP contribution >= 0.6 is 11.3 Å². The van der Waals surface area contributed by atoms with Gasteiger partial charge < -0.3 is 20.1 Å². The van der Waals surface area contributed by atoms with E-state index >= 15 is 0 Å². The molecule has 3 aromatic rings. The Bertz CT molecular complexity index is 897. The molecular weight excluding hydrogens is 362 g/mol. The highest BCUT2D eigenvalue weighted by atomic mass is 32.1. The molecule has 2 N–H and O–H groups in total. The molecule has 3 rings (SSSR count). The number of benzene rings is 2. The van der Waals surface area contributed by atoms with E-state index < -0.39 is 0 Å². The summed E-state index contributed by atoms with van der Waals surface area (Å²) >= 11 is 1.56. The monoisotopic (exact) mass is 383 g/mol. The average Bonchev–Trinajstić information content (AvgIpc) is 3.23. The van der Waals surface area contributed by atoms with Crippen LogP contribution in [0.3, 0.4) is 0 Å². The van der Waals surface area contributed by atoms with Crippen LogP contribution in [0.5, 0.6) is 11.5 Å². The van der Waals surface area contributed by atoms with Gasteiger partial charge in [0.1, 0.15) is 5.01 Å². The number of urea groups is 1. The molecule has 0 saturated carbocycles. The highest BCUT2D eigenvalue weighted by Crippen LogP contribution is 2.27. The van der Waals surface area contributed by atoms with Crippen LogP contribution in [-0.2, 0) is 6.42 Å². The number of ether oxygens (including phenoxy) is 2. The van der Waals surface area contributed by atoms with Crippen LogP contribution < -0.4 is 20.1 Å². The first-order valence-electron chi connectivity index (χ1n) is 8.45. The van der Waals surface area contributed by atoms with Gasteiger partial charge in [0.2, 0.25) is 0 Å². The van der Waals surface area contributed by atoms with Gasteiger partial charge >= 0.3 is 6.03 Å². The zero-order valence-corrected chi connectivity index (χ0v) is 16.0. The molecule has 0 fully saturated rings. The van der Waals surface area contributed by atoms with Crippen molar-refractivity contribution in [2.24, 2.45) is 0 Å². The smallest absolute Gasteiger partial charge is 0.319 e. The van der Waals surface area contributed by atoms with Crippen LogP contribution in [0.4, 0.5) is 10.5 Å². The van der Waals surface area contributed by atoms with Crippen LogP contribution in [0, 0.1) is 0 Å². The van der Waals surface area contributed by atoms with Gasteiger partial charge in [0.15, 0.2) is 11.5 Å². The lowest BCUT2D eigenvalue weighted by Gasteiger charge is -2.11. The minimum Gasteiger partial charge on any atom is -0.493 e. The minimum absolute atomic E-state index is 0.244. The molecule has 7 heteroatoms. The molecule has 0 spiro atoms. The molecule has 0 unspecified atom stereocenters. The molecule has 1 heterocycles. The van der Waals surface area contributed by atoms with Gasteiger partial charge in [-0.1, -0.05) is 18.2 Å². The van der Waals surface area contributed by atoms with Crippen molar-refractivity contribution in [3.05, 3.63) is 59.6 Å². The Balaban J connectivity index is 1.52. The number of hydrogen-bond donors (Lipinski definition) is 2. The number of thiazole rings is 1. The predicted octanol–water partition coefficient (Wildman–Crippen LogP) is 4.19. The van der Waals surface area contributed by atoms with Crippen LogP contribution in [0.2, 0.25) is 0 Å². The van der Waals surface area contributed by atoms with Crippen LogP contribution in [0.25, 0.3) is 10.6 Å². The first kappa shape index (κ1) is 18.7. The summed E-state index contributed by atoms with van der Waals surface area (Å²) in [6.07, 6.45) is 2.45. The van der Waals surface area contributed by atoms with Gasteiger partial charge in [0.05, 0.1) is 14.2 Å². The van der Waals surface area contributed by atoms with E-state index in [0.29, 0.717) is 24.5 Å². The molecule has 0 aliphatic rings. The normalized spacial score (nSPS) is 10.3. The van der Waals surface area contributed by atoms with E-state index in [2.05, 4.69) is 15.6 Å². The lowest BCUT2D eigenvalue weighted by molar-refractivity contribution is 0.252. The Hall–Kier alpha value is -3.06. The molecule has 2 aromatic carbocycles. The van der Waals surface area contributed by atoms with Gasteiger partial charge in [0, 0.05) is 29.4 Å². The van der Waals surface area contributed by atoms with Crippen LogP contribution in [-0.4, -0.2) is 31.8 Å². The van der Waals surface area contributed by atoms with Crippen molar-refractivity contribution in [2.75, 3.05) is 26.1 Å². The highest BCUT2D eigenvalue weighted by molar-refractivity contribution is 7.13. The third kappa shape index (κ3) is 4.98. The lowest BCUT2D eigenvalue weighted by Crippen LogP contribution is -2.30. The Labute approximate surface area is 162 Å². The summed E-state index contributed by atoms with van der Waals surface area (Å²) in [5, 5.41) is 8.57. The van der Waals surface area contributed by atoms with Gasteiger partial charge in [-0.25, -0.2) is 9.78 Å². The lowest BCUT2D eigenvalue weighted by atomic mass is 10.1. The summed E-state index contributed by atoms with van der Waals surface area (Å²) in [7, 11) is 3.21. The third-order valence-electron chi connectivity index (χ3n) is 3.95. The average molecular weight is 383 g/mol. The minimum atomic E-state index is -0.244. The van der Waals surface area contributed by atoms with E-state index in [1.165, 1.54) is 0 Å². The van der Waals surface area contributed by atoms with Gasteiger partial charge in [0.25, 0.3) is 0 Å². The number of anilines is 1. The molecule has 0 aliphatic carbocycles. The van der Waals surface area contributed by atoms with E-state index in [1.807, 2.05) is 47.8 Å². The van der Waals surface area contributed by atoms with Crippen LogP contribution in [0.1, 0.15) is 5.56 Å². The van der Waals surface area contributed by atoms with Gasteiger partial charge in [-0.15, -0.1) is 11.3 Å². The fourth-order valence-corrected chi connectivity index (χ4v) is 3.26. The Kier molecular flexibility index (Phi) is 6.27. The second kappa shape index (κ2) is 9.05. The number of aromatic nitrogens is 1. The molecule has 140 valence electrons. The molecule has 0 bridgehead atoms. The number of nitrogens with zero attached hydrogens (tertiary/aromatic N) is 1. The van der Waals surface area contributed by atoms with Crippen molar-refractivity contribution < 1.29 is 14.3 Å². The maximum Gasteiger partial charge on any atom is 0.319 e. The molecular formula is C20H21N3O3S. The molecule has 0 atom stereocenters. The summed E-state index contributed by atoms with van der Waals surface area (Å²) in [5.41, 5.74) is 2.76. The largest absolute Gasteiger partial charge is 0.493 e. The fourth-order valence-electron chi connectivity index (χ4n) is 2.63. The van der Waals surface area contributed by atoms with Crippen LogP contribution in [0.15, 0.2) is 54.0 Å². The summed E-state index contributed by atoms with van der Waals surface area (Å²) in [6.45, 7) is 0.507. The van der Waals surface area contributed by atoms with Crippen molar-refractivity contribution >= 4 is 23.1 Å². The van der Waals surface area contributed by atoms with E-state index in [-0.39, 0.29) is 6.03 Å². The first-order valence-corrected chi connectivity index (χ1v) is 9.33. The zero-order valence-electron chi connectivity index (χ0n) is 15.2. The van der Waals surface area contributed by atoms with Crippen molar-refractivity contribution in [1.82, 2.24) is 10.3 Å². The van der Waals surface area contributed by atoms with Gasteiger partial charge in [-0.2, -0.15) is 0 Å². The molecule has 2 amide bonds. The van der Waals surface area contributed by atoms with Crippen molar-refractivity contribution in [1.29, 1.82) is 0 Å². The SMILES string of the molecule is COc1ccc(CCNC(=O)Nc2cccc(-c3nccs3)c2)cc1OC. The number of carbonyl (C=O) groups excluding carboxylic acids is 1. The summed E-state index contributed by atoms with van der Waals surface area (Å²) in [4.78, 5) is 16.4. The van der Waals surface area contributed by atoms with Gasteiger partial charge in [-0.05, 0) is 36.2 Å². The number of amides is 2. The summed E-state index contributed by atoms with van der Waals surface area (Å²) in [5.74, 6) is 1.37. The van der Waals surface area contributed by atoms with E-state index in [4.69, 9.17) is 9.47 Å². The number of methoxy groups -OCH3 is 2. The van der Waals surface area contributed by atoms with Crippen molar-refractivity contribution in [2.45, 2.75) is 6.42 Å². The molecule has 6 nitrogen and oxygen atoms in total. The number of carbonyl (C=O) groups is 1. The maximum atomic E-state index is 12.1. The quantitative estimate of drug-likeness (QED) is 0.642. The Morgan fingerprint density at radius 1 is 1.11 bits per heavy atom. The zero-order chi connectivity index (χ0) is 19.1. The van der Waals surface area contributed by atoms with Crippen molar-refractivity contribution in [3.63, 3.8) is 0 Å². The summed E-state index contributed by atoms with van der Waals surface area (Å²) in [6, 6.07) is 13.1. The van der Waals surface area contributed by atoms with E-state index in [0.717, 1.165) is 21.8 Å². The number of hydrogen-bond acceptors (Lipinski definition) is 5.